The van der Waals surface area contributed by atoms with Gasteiger partial charge in [-0.05, 0) is 68.6 Å². The summed E-state index contributed by atoms with van der Waals surface area (Å²) < 4.78 is 0. The summed E-state index contributed by atoms with van der Waals surface area (Å²) in [7, 11) is 0. The highest BCUT2D eigenvalue weighted by atomic mass is 16.2. The molecule has 2 nitrogen and oxygen atoms in total. The molecule has 5 unspecified atom stereocenters. The summed E-state index contributed by atoms with van der Waals surface area (Å²) in [6.07, 6.45) is 14.5. The first-order valence-corrected chi connectivity index (χ1v) is 9.03. The van der Waals surface area contributed by atoms with E-state index in [0.29, 0.717) is 11.3 Å². The summed E-state index contributed by atoms with van der Waals surface area (Å²) in [5, 5.41) is 0. The molecule has 4 aliphatic rings. The summed E-state index contributed by atoms with van der Waals surface area (Å²) in [4.78, 5) is 14.8. The predicted octanol–water partition coefficient (Wildman–Crippen LogP) is 4.16. The van der Waals surface area contributed by atoms with Gasteiger partial charge in [0.2, 0.25) is 5.91 Å². The third-order valence-electron chi connectivity index (χ3n) is 7.49. The van der Waals surface area contributed by atoms with E-state index in [2.05, 4.69) is 30.9 Å². The molecule has 0 aromatic rings. The highest BCUT2D eigenvalue weighted by Crippen LogP contribution is 2.59. The summed E-state index contributed by atoms with van der Waals surface area (Å²) in [6, 6.07) is 0. The zero-order chi connectivity index (χ0) is 14.7. The second-order valence-electron chi connectivity index (χ2n) is 8.46. The Morgan fingerprint density at radius 3 is 2.86 bits per heavy atom. The Kier molecular flexibility index (Phi) is 3.03. The van der Waals surface area contributed by atoms with Crippen LogP contribution in [0.3, 0.4) is 0 Å². The van der Waals surface area contributed by atoms with Crippen LogP contribution in [0.5, 0.6) is 0 Å². The van der Waals surface area contributed by atoms with Crippen molar-refractivity contribution in [2.75, 3.05) is 6.54 Å². The topological polar surface area (TPSA) is 20.3 Å². The molecule has 5 atom stereocenters. The van der Waals surface area contributed by atoms with Crippen LogP contribution in [-0.2, 0) is 4.79 Å². The molecule has 2 aliphatic heterocycles. The molecule has 2 heteroatoms. The molecular formula is C19H29NO. The minimum Gasteiger partial charge on any atom is -0.337 e. The van der Waals surface area contributed by atoms with Crippen LogP contribution in [0, 0.1) is 23.2 Å². The van der Waals surface area contributed by atoms with Gasteiger partial charge in [-0.2, -0.15) is 0 Å². The smallest absolute Gasteiger partial charge is 0.223 e. The summed E-state index contributed by atoms with van der Waals surface area (Å²) in [5.41, 5.74) is 0.606. The van der Waals surface area contributed by atoms with E-state index in [0.717, 1.165) is 37.1 Å². The minimum atomic E-state index is 0.153. The normalized spacial score (nSPS) is 49.3. The molecule has 0 radical (unpaired) electrons. The van der Waals surface area contributed by atoms with Gasteiger partial charge < -0.3 is 4.90 Å². The lowest BCUT2D eigenvalue weighted by atomic mass is 9.53. The number of fused-ring (bicyclic) bond motifs is 5. The molecule has 0 aromatic heterocycles. The van der Waals surface area contributed by atoms with Crippen LogP contribution in [0.1, 0.15) is 65.2 Å². The first kappa shape index (κ1) is 13.8. The van der Waals surface area contributed by atoms with Crippen molar-refractivity contribution < 1.29 is 4.79 Å². The van der Waals surface area contributed by atoms with Crippen LogP contribution < -0.4 is 0 Å². The molecule has 0 bridgehead atoms. The van der Waals surface area contributed by atoms with E-state index in [9.17, 15) is 4.79 Å². The molecular weight excluding hydrogens is 258 g/mol. The molecule has 0 aromatic carbocycles. The van der Waals surface area contributed by atoms with Crippen molar-refractivity contribution in [1.82, 2.24) is 4.90 Å². The molecule has 2 saturated heterocycles. The van der Waals surface area contributed by atoms with Gasteiger partial charge in [-0.25, -0.2) is 0 Å². The molecule has 21 heavy (non-hydrogen) atoms. The number of piperidine rings is 1. The molecule has 0 spiro atoms. The maximum absolute atomic E-state index is 12.5. The van der Waals surface area contributed by atoms with Crippen LogP contribution in [-0.4, -0.2) is 22.9 Å². The molecule has 3 fully saturated rings. The fourth-order valence-electron chi connectivity index (χ4n) is 6.30. The molecule has 2 heterocycles. The van der Waals surface area contributed by atoms with Gasteiger partial charge in [0.15, 0.2) is 0 Å². The van der Waals surface area contributed by atoms with Crippen molar-refractivity contribution in [1.29, 1.82) is 0 Å². The Labute approximate surface area is 129 Å². The lowest BCUT2D eigenvalue weighted by Crippen LogP contribution is -2.62. The summed E-state index contributed by atoms with van der Waals surface area (Å²) in [5.74, 6) is 2.86. The molecule has 1 saturated carbocycles. The minimum absolute atomic E-state index is 0.153. The number of rotatable bonds is 0. The largest absolute Gasteiger partial charge is 0.337 e. The van der Waals surface area contributed by atoms with Gasteiger partial charge in [0.05, 0.1) is 0 Å². The number of carbonyl (C=O) groups is 1. The monoisotopic (exact) mass is 287 g/mol. The van der Waals surface area contributed by atoms with Crippen molar-refractivity contribution in [3.8, 4) is 0 Å². The highest BCUT2D eigenvalue weighted by molar-refractivity contribution is 5.77. The van der Waals surface area contributed by atoms with E-state index in [4.69, 9.17) is 0 Å². The molecule has 116 valence electrons. The fourth-order valence-corrected chi connectivity index (χ4v) is 6.30. The van der Waals surface area contributed by atoms with Gasteiger partial charge >= 0.3 is 0 Å². The van der Waals surface area contributed by atoms with Gasteiger partial charge in [0.1, 0.15) is 0 Å². The Hall–Kier alpha value is -0.790. The number of hydrogen-bond donors (Lipinski definition) is 0. The van der Waals surface area contributed by atoms with Crippen molar-refractivity contribution >= 4 is 5.91 Å². The van der Waals surface area contributed by atoms with Crippen molar-refractivity contribution in [2.24, 2.45) is 23.2 Å². The molecule has 0 N–H and O–H groups in total. The highest BCUT2D eigenvalue weighted by Gasteiger charge is 2.56. The van der Waals surface area contributed by atoms with Gasteiger partial charge in [-0.1, -0.05) is 25.5 Å². The Bertz CT molecular complexity index is 484. The van der Waals surface area contributed by atoms with Gasteiger partial charge in [0, 0.05) is 18.5 Å². The molecule has 4 rings (SSSR count). The number of nitrogens with zero attached hydrogens (tertiary/aromatic N) is 1. The standard InChI is InChI=1S/C19H29NO/c1-18-10-5-6-15(18)14-9-13-20-17(21)7-3-4-11-19(20,2)16(14)8-12-18/h5,10,14-16H,3-4,6-9,11-13H2,1-2H3. The second kappa shape index (κ2) is 4.60. The predicted molar refractivity (Wildman–Crippen MR) is 84.8 cm³/mol. The lowest BCUT2D eigenvalue weighted by molar-refractivity contribution is -0.150. The van der Waals surface area contributed by atoms with E-state index in [1.54, 1.807) is 0 Å². The van der Waals surface area contributed by atoms with E-state index < -0.39 is 0 Å². The van der Waals surface area contributed by atoms with Crippen molar-refractivity contribution in [3.05, 3.63) is 12.2 Å². The fraction of sp³-hybridized carbons (Fsp3) is 0.842. The van der Waals surface area contributed by atoms with Crippen molar-refractivity contribution in [3.63, 3.8) is 0 Å². The van der Waals surface area contributed by atoms with Crippen LogP contribution in [0.25, 0.3) is 0 Å². The molecule has 1 amide bonds. The van der Waals surface area contributed by atoms with Crippen LogP contribution >= 0.6 is 0 Å². The maximum atomic E-state index is 12.5. The third kappa shape index (κ3) is 1.87. The summed E-state index contributed by atoms with van der Waals surface area (Å²) >= 11 is 0. The number of carbonyl (C=O) groups excluding carboxylic acids is 1. The maximum Gasteiger partial charge on any atom is 0.223 e. The average molecular weight is 287 g/mol. The van der Waals surface area contributed by atoms with E-state index in [-0.39, 0.29) is 5.54 Å². The van der Waals surface area contributed by atoms with E-state index in [1.807, 2.05) is 0 Å². The first-order valence-electron chi connectivity index (χ1n) is 9.03. The number of amides is 1. The van der Waals surface area contributed by atoms with Gasteiger partial charge in [0.25, 0.3) is 0 Å². The second-order valence-corrected chi connectivity index (χ2v) is 8.46. The third-order valence-corrected chi connectivity index (χ3v) is 7.49. The van der Waals surface area contributed by atoms with Crippen LogP contribution in [0.2, 0.25) is 0 Å². The summed E-state index contributed by atoms with van der Waals surface area (Å²) in [6.45, 7) is 5.91. The van der Waals surface area contributed by atoms with Crippen LogP contribution in [0.4, 0.5) is 0 Å². The quantitative estimate of drug-likeness (QED) is 0.613. The van der Waals surface area contributed by atoms with Crippen LogP contribution in [0.15, 0.2) is 12.2 Å². The van der Waals surface area contributed by atoms with E-state index in [1.165, 1.54) is 38.5 Å². The Balaban J connectivity index is 1.67. The van der Waals surface area contributed by atoms with Crippen molar-refractivity contribution in [2.45, 2.75) is 70.8 Å². The Morgan fingerprint density at radius 1 is 1.14 bits per heavy atom. The zero-order valence-electron chi connectivity index (χ0n) is 13.6. The number of allylic oxidation sites excluding steroid dienone is 2. The molecule has 2 aliphatic carbocycles. The first-order chi connectivity index (χ1) is 10.0. The van der Waals surface area contributed by atoms with Gasteiger partial charge in [-0.3, -0.25) is 4.79 Å². The Morgan fingerprint density at radius 2 is 2.00 bits per heavy atom. The van der Waals surface area contributed by atoms with E-state index >= 15 is 0 Å². The van der Waals surface area contributed by atoms with Gasteiger partial charge in [-0.15, -0.1) is 0 Å². The SMILES string of the molecule is CC12C=CCC1C1CCN3C(=O)CCCCC3(C)C1CC2. The lowest BCUT2D eigenvalue weighted by Gasteiger charge is -2.59. The average Bonchev–Trinajstić information content (AvgIpc) is 2.78. The number of hydrogen-bond acceptors (Lipinski definition) is 1. The zero-order valence-corrected chi connectivity index (χ0v) is 13.6.